The van der Waals surface area contributed by atoms with Crippen LogP contribution in [-0.2, 0) is 12.6 Å². The van der Waals surface area contributed by atoms with Crippen LogP contribution in [0.25, 0.3) is 0 Å². The molecule has 0 heterocycles. The van der Waals surface area contributed by atoms with Crippen LogP contribution in [0.3, 0.4) is 0 Å². The standard InChI is InChI=1S/C13H17BrF3N/c1-8(2)5-11(18)6-9-3-4-10(7-12(9)14)13(15,16)17/h3-4,7-8,11H,5-6,18H2,1-2H3. The third-order valence-electron chi connectivity index (χ3n) is 2.64. The Morgan fingerprint density at radius 3 is 2.33 bits per heavy atom. The van der Waals surface area contributed by atoms with E-state index in [9.17, 15) is 13.2 Å². The Bertz CT molecular complexity index is 402. The van der Waals surface area contributed by atoms with Gasteiger partial charge in [0, 0.05) is 10.5 Å². The van der Waals surface area contributed by atoms with Gasteiger partial charge in [0.05, 0.1) is 5.56 Å². The monoisotopic (exact) mass is 323 g/mol. The highest BCUT2D eigenvalue weighted by atomic mass is 79.9. The van der Waals surface area contributed by atoms with Gasteiger partial charge in [-0.15, -0.1) is 0 Å². The molecule has 1 rings (SSSR count). The summed E-state index contributed by atoms with van der Waals surface area (Å²) in [6.07, 6.45) is -2.87. The van der Waals surface area contributed by atoms with E-state index in [-0.39, 0.29) is 6.04 Å². The number of nitrogens with two attached hydrogens (primary N) is 1. The summed E-state index contributed by atoms with van der Waals surface area (Å²) in [6.45, 7) is 4.14. The molecule has 1 nitrogen and oxygen atoms in total. The maximum absolute atomic E-state index is 12.5. The van der Waals surface area contributed by atoms with E-state index in [2.05, 4.69) is 29.8 Å². The van der Waals surface area contributed by atoms with E-state index in [4.69, 9.17) is 5.73 Å². The number of alkyl halides is 3. The van der Waals surface area contributed by atoms with Crippen molar-refractivity contribution in [2.45, 2.75) is 38.9 Å². The minimum Gasteiger partial charge on any atom is -0.327 e. The molecule has 0 fully saturated rings. The van der Waals surface area contributed by atoms with Crippen LogP contribution in [0.4, 0.5) is 13.2 Å². The highest BCUT2D eigenvalue weighted by Crippen LogP contribution is 2.32. The Balaban J connectivity index is 2.80. The second kappa shape index (κ2) is 6.06. The molecule has 1 atom stereocenters. The van der Waals surface area contributed by atoms with Crippen LogP contribution in [0, 0.1) is 5.92 Å². The summed E-state index contributed by atoms with van der Waals surface area (Å²) in [4.78, 5) is 0. The number of benzene rings is 1. The fourth-order valence-electron chi connectivity index (χ4n) is 1.86. The average molecular weight is 324 g/mol. The van der Waals surface area contributed by atoms with E-state index in [0.29, 0.717) is 16.8 Å². The molecule has 1 aromatic carbocycles. The zero-order valence-corrected chi connectivity index (χ0v) is 12.0. The van der Waals surface area contributed by atoms with E-state index in [1.165, 1.54) is 6.07 Å². The van der Waals surface area contributed by atoms with Gasteiger partial charge in [-0.05, 0) is 36.5 Å². The van der Waals surface area contributed by atoms with Crippen LogP contribution in [0.5, 0.6) is 0 Å². The van der Waals surface area contributed by atoms with Crippen LogP contribution in [0.1, 0.15) is 31.4 Å². The quantitative estimate of drug-likeness (QED) is 0.874. The third-order valence-corrected chi connectivity index (χ3v) is 3.37. The van der Waals surface area contributed by atoms with Crippen molar-refractivity contribution in [2.75, 3.05) is 0 Å². The van der Waals surface area contributed by atoms with Gasteiger partial charge in [-0.1, -0.05) is 35.8 Å². The van der Waals surface area contributed by atoms with E-state index in [1.54, 1.807) is 0 Å². The minimum absolute atomic E-state index is 0.0296. The van der Waals surface area contributed by atoms with Gasteiger partial charge in [0.15, 0.2) is 0 Å². The van der Waals surface area contributed by atoms with Gasteiger partial charge in [-0.3, -0.25) is 0 Å². The van der Waals surface area contributed by atoms with Crippen molar-refractivity contribution >= 4 is 15.9 Å². The molecule has 0 aliphatic carbocycles. The zero-order valence-electron chi connectivity index (χ0n) is 10.4. The Morgan fingerprint density at radius 2 is 1.89 bits per heavy atom. The van der Waals surface area contributed by atoms with Crippen LogP contribution in [0.2, 0.25) is 0 Å². The van der Waals surface area contributed by atoms with Crippen LogP contribution in [-0.4, -0.2) is 6.04 Å². The highest BCUT2D eigenvalue weighted by molar-refractivity contribution is 9.10. The SMILES string of the molecule is CC(C)CC(N)Cc1ccc(C(F)(F)F)cc1Br. The topological polar surface area (TPSA) is 26.0 Å². The largest absolute Gasteiger partial charge is 0.416 e. The normalized spacial score (nSPS) is 14.0. The van der Waals surface area contributed by atoms with E-state index in [1.807, 2.05) is 0 Å². The molecular weight excluding hydrogens is 307 g/mol. The highest BCUT2D eigenvalue weighted by Gasteiger charge is 2.30. The van der Waals surface area contributed by atoms with Crippen LogP contribution in [0.15, 0.2) is 22.7 Å². The summed E-state index contributed by atoms with van der Waals surface area (Å²) < 4.78 is 37.9. The Morgan fingerprint density at radius 1 is 1.28 bits per heavy atom. The molecule has 5 heteroatoms. The van der Waals surface area contributed by atoms with Crippen molar-refractivity contribution in [1.82, 2.24) is 0 Å². The fraction of sp³-hybridized carbons (Fsp3) is 0.538. The number of halogens is 4. The summed E-state index contributed by atoms with van der Waals surface area (Å²) in [5.41, 5.74) is 6.13. The first-order valence-electron chi connectivity index (χ1n) is 5.81. The first-order valence-corrected chi connectivity index (χ1v) is 6.60. The summed E-state index contributed by atoms with van der Waals surface area (Å²) in [5.74, 6) is 0.480. The molecule has 1 unspecified atom stereocenters. The molecule has 0 spiro atoms. The Labute approximate surface area is 114 Å². The maximum atomic E-state index is 12.5. The molecule has 0 aromatic heterocycles. The van der Waals surface area contributed by atoms with E-state index in [0.717, 1.165) is 24.1 Å². The van der Waals surface area contributed by atoms with Crippen molar-refractivity contribution in [3.05, 3.63) is 33.8 Å². The van der Waals surface area contributed by atoms with Gasteiger partial charge in [0.1, 0.15) is 0 Å². The first-order chi connectivity index (χ1) is 8.20. The first kappa shape index (κ1) is 15.5. The second-order valence-electron chi connectivity index (χ2n) is 4.90. The van der Waals surface area contributed by atoms with Crippen molar-refractivity contribution in [3.8, 4) is 0 Å². The summed E-state index contributed by atoms with van der Waals surface area (Å²) in [5, 5.41) is 0. The molecule has 18 heavy (non-hydrogen) atoms. The van der Waals surface area contributed by atoms with Crippen molar-refractivity contribution in [3.63, 3.8) is 0 Å². The van der Waals surface area contributed by atoms with Crippen molar-refractivity contribution < 1.29 is 13.2 Å². The molecule has 1 aromatic rings. The van der Waals surface area contributed by atoms with Crippen LogP contribution < -0.4 is 5.73 Å². The summed E-state index contributed by atoms with van der Waals surface area (Å²) >= 11 is 3.18. The van der Waals surface area contributed by atoms with Crippen molar-refractivity contribution in [1.29, 1.82) is 0 Å². The molecule has 0 saturated heterocycles. The van der Waals surface area contributed by atoms with Crippen molar-refractivity contribution in [2.24, 2.45) is 11.7 Å². The zero-order chi connectivity index (χ0) is 13.9. The fourth-order valence-corrected chi connectivity index (χ4v) is 2.40. The van der Waals surface area contributed by atoms with Gasteiger partial charge in [0.25, 0.3) is 0 Å². The van der Waals surface area contributed by atoms with Crippen LogP contribution >= 0.6 is 15.9 Å². The maximum Gasteiger partial charge on any atom is 0.416 e. The molecule has 2 N–H and O–H groups in total. The van der Waals surface area contributed by atoms with Gasteiger partial charge >= 0.3 is 6.18 Å². The average Bonchev–Trinajstić information content (AvgIpc) is 2.18. The molecule has 0 amide bonds. The molecule has 102 valence electrons. The second-order valence-corrected chi connectivity index (χ2v) is 5.75. The van der Waals surface area contributed by atoms with Gasteiger partial charge in [0.2, 0.25) is 0 Å². The number of hydrogen-bond donors (Lipinski definition) is 1. The molecule has 0 radical (unpaired) electrons. The lowest BCUT2D eigenvalue weighted by Gasteiger charge is -2.16. The predicted molar refractivity (Wildman–Crippen MR) is 70.3 cm³/mol. The lowest BCUT2D eigenvalue weighted by molar-refractivity contribution is -0.137. The molecule has 0 saturated carbocycles. The predicted octanol–water partition coefficient (Wildman–Crippen LogP) is 4.38. The molecule has 0 aliphatic heterocycles. The van der Waals surface area contributed by atoms with Gasteiger partial charge < -0.3 is 5.73 Å². The number of rotatable bonds is 4. The van der Waals surface area contributed by atoms with Gasteiger partial charge in [-0.2, -0.15) is 13.2 Å². The molecule has 0 aliphatic rings. The smallest absolute Gasteiger partial charge is 0.327 e. The van der Waals surface area contributed by atoms with Gasteiger partial charge in [-0.25, -0.2) is 0 Å². The van der Waals surface area contributed by atoms with E-state index < -0.39 is 11.7 Å². The minimum atomic E-state index is -4.30. The Kier molecular flexibility index (Phi) is 5.22. The lowest BCUT2D eigenvalue weighted by Crippen LogP contribution is -2.24. The summed E-state index contributed by atoms with van der Waals surface area (Å²) in [6, 6.07) is 3.67. The molecule has 0 bridgehead atoms. The number of hydrogen-bond acceptors (Lipinski definition) is 1. The molecular formula is C13H17BrF3N. The Hall–Kier alpha value is -0.550. The van der Waals surface area contributed by atoms with E-state index >= 15 is 0 Å². The lowest BCUT2D eigenvalue weighted by atomic mass is 9.97. The summed E-state index contributed by atoms with van der Waals surface area (Å²) in [7, 11) is 0. The third kappa shape index (κ3) is 4.61.